The molecule has 88 valence electrons. The molecule has 1 aliphatic rings. The van der Waals surface area contributed by atoms with Crippen molar-refractivity contribution in [3.63, 3.8) is 0 Å². The van der Waals surface area contributed by atoms with Gasteiger partial charge in [-0.3, -0.25) is 0 Å². The molecule has 0 saturated carbocycles. The SMILES string of the molecule is COC1CCCN(c2nc(Cl)nnc2Cl)C1. The second kappa shape index (κ2) is 5.12. The number of rotatable bonds is 2. The zero-order valence-electron chi connectivity index (χ0n) is 8.86. The maximum Gasteiger partial charge on any atom is 0.245 e. The van der Waals surface area contributed by atoms with Gasteiger partial charge in [-0.25, -0.2) is 0 Å². The highest BCUT2D eigenvalue weighted by Gasteiger charge is 2.23. The maximum atomic E-state index is 5.94. The van der Waals surface area contributed by atoms with Gasteiger partial charge in [-0.1, -0.05) is 11.6 Å². The Morgan fingerprint density at radius 1 is 1.38 bits per heavy atom. The fourth-order valence-electron chi connectivity index (χ4n) is 1.81. The normalized spacial score (nSPS) is 21.2. The quantitative estimate of drug-likeness (QED) is 0.814. The molecule has 0 N–H and O–H groups in total. The summed E-state index contributed by atoms with van der Waals surface area (Å²) in [6.45, 7) is 1.64. The van der Waals surface area contributed by atoms with Crippen LogP contribution in [0.3, 0.4) is 0 Å². The molecule has 0 aliphatic carbocycles. The van der Waals surface area contributed by atoms with Gasteiger partial charge in [0.05, 0.1) is 6.10 Å². The Hall–Kier alpha value is -0.650. The van der Waals surface area contributed by atoms with Gasteiger partial charge in [0.2, 0.25) is 5.28 Å². The summed E-state index contributed by atoms with van der Waals surface area (Å²) < 4.78 is 5.33. The molecule has 0 bridgehead atoms. The van der Waals surface area contributed by atoms with E-state index in [1.807, 2.05) is 4.90 Å². The van der Waals surface area contributed by atoms with Gasteiger partial charge in [0.25, 0.3) is 0 Å². The molecule has 0 spiro atoms. The Bertz CT molecular complexity index is 377. The molecule has 1 aliphatic heterocycles. The van der Waals surface area contributed by atoms with Gasteiger partial charge in [0.1, 0.15) is 0 Å². The first-order valence-electron chi connectivity index (χ1n) is 5.04. The highest BCUT2D eigenvalue weighted by molar-refractivity contribution is 6.32. The van der Waals surface area contributed by atoms with Crippen LogP contribution in [0, 0.1) is 0 Å². The van der Waals surface area contributed by atoms with Crippen molar-refractivity contribution in [2.45, 2.75) is 18.9 Å². The molecule has 1 atom stereocenters. The standard InChI is InChI=1S/C9H12Cl2N4O/c1-16-6-3-2-4-15(5-6)8-7(10)13-14-9(11)12-8/h6H,2-5H2,1H3. The van der Waals surface area contributed by atoms with Crippen LogP contribution < -0.4 is 4.90 Å². The minimum absolute atomic E-state index is 0.110. The van der Waals surface area contributed by atoms with Crippen LogP contribution in [0.25, 0.3) is 0 Å². The first kappa shape index (κ1) is 11.8. The molecule has 1 saturated heterocycles. The Kier molecular flexibility index (Phi) is 3.78. The highest BCUT2D eigenvalue weighted by atomic mass is 35.5. The summed E-state index contributed by atoms with van der Waals surface area (Å²) in [6.07, 6.45) is 2.30. The third kappa shape index (κ3) is 2.53. The lowest BCUT2D eigenvalue weighted by Crippen LogP contribution is -2.40. The molecule has 1 fully saturated rings. The van der Waals surface area contributed by atoms with E-state index in [4.69, 9.17) is 27.9 Å². The lowest BCUT2D eigenvalue weighted by molar-refractivity contribution is 0.0891. The van der Waals surface area contributed by atoms with Crippen molar-refractivity contribution in [1.82, 2.24) is 15.2 Å². The molecule has 0 amide bonds. The zero-order chi connectivity index (χ0) is 11.5. The lowest BCUT2D eigenvalue weighted by Gasteiger charge is -2.32. The smallest absolute Gasteiger partial charge is 0.245 e. The highest BCUT2D eigenvalue weighted by Crippen LogP contribution is 2.25. The van der Waals surface area contributed by atoms with Crippen molar-refractivity contribution in [2.24, 2.45) is 0 Å². The van der Waals surface area contributed by atoms with Crippen LogP contribution in [0.1, 0.15) is 12.8 Å². The third-order valence-electron chi connectivity index (χ3n) is 2.61. The van der Waals surface area contributed by atoms with Crippen molar-refractivity contribution < 1.29 is 4.74 Å². The average molecular weight is 263 g/mol. The van der Waals surface area contributed by atoms with E-state index in [0.29, 0.717) is 5.82 Å². The van der Waals surface area contributed by atoms with Crippen LogP contribution in [-0.4, -0.2) is 41.5 Å². The molecule has 1 aromatic heterocycles. The molecule has 2 heterocycles. The maximum absolute atomic E-state index is 5.94. The number of anilines is 1. The number of aromatic nitrogens is 3. The van der Waals surface area contributed by atoms with Crippen LogP contribution >= 0.6 is 23.2 Å². The molecular weight excluding hydrogens is 251 g/mol. The number of ether oxygens (including phenoxy) is 1. The minimum atomic E-state index is 0.110. The Morgan fingerprint density at radius 2 is 2.19 bits per heavy atom. The van der Waals surface area contributed by atoms with E-state index in [1.54, 1.807) is 7.11 Å². The topological polar surface area (TPSA) is 51.1 Å². The van der Waals surface area contributed by atoms with E-state index >= 15 is 0 Å². The lowest BCUT2D eigenvalue weighted by atomic mass is 10.1. The van der Waals surface area contributed by atoms with Crippen LogP contribution in [0.2, 0.25) is 10.4 Å². The van der Waals surface area contributed by atoms with Crippen molar-refractivity contribution in [3.05, 3.63) is 10.4 Å². The number of piperidine rings is 1. The summed E-state index contributed by atoms with van der Waals surface area (Å²) >= 11 is 11.6. The third-order valence-corrected chi connectivity index (χ3v) is 3.02. The summed E-state index contributed by atoms with van der Waals surface area (Å²) in [6, 6.07) is 0. The second-order valence-electron chi connectivity index (χ2n) is 3.64. The molecule has 5 nitrogen and oxygen atoms in total. The van der Waals surface area contributed by atoms with Gasteiger partial charge in [-0.15, -0.1) is 10.2 Å². The fourth-order valence-corrected chi connectivity index (χ4v) is 2.13. The summed E-state index contributed by atoms with van der Waals surface area (Å²) in [5, 5.41) is 7.72. The van der Waals surface area contributed by atoms with Gasteiger partial charge in [0.15, 0.2) is 11.0 Å². The van der Waals surface area contributed by atoms with E-state index in [9.17, 15) is 0 Å². The van der Waals surface area contributed by atoms with E-state index in [2.05, 4.69) is 15.2 Å². The van der Waals surface area contributed by atoms with Crippen molar-refractivity contribution >= 4 is 29.0 Å². The van der Waals surface area contributed by atoms with Crippen molar-refractivity contribution in [2.75, 3.05) is 25.1 Å². The summed E-state index contributed by atoms with van der Waals surface area (Å²) in [7, 11) is 1.71. The molecule has 1 aromatic rings. The number of methoxy groups -OCH3 is 1. The number of halogens is 2. The second-order valence-corrected chi connectivity index (χ2v) is 4.34. The van der Waals surface area contributed by atoms with Gasteiger partial charge in [0, 0.05) is 20.2 Å². The van der Waals surface area contributed by atoms with E-state index < -0.39 is 0 Å². The monoisotopic (exact) mass is 262 g/mol. The molecule has 1 unspecified atom stereocenters. The summed E-state index contributed by atoms with van der Waals surface area (Å²) in [5.74, 6) is 0.586. The summed E-state index contributed by atoms with van der Waals surface area (Å²) in [4.78, 5) is 6.12. The zero-order valence-corrected chi connectivity index (χ0v) is 10.4. The molecule has 16 heavy (non-hydrogen) atoms. The van der Waals surface area contributed by atoms with Gasteiger partial charge >= 0.3 is 0 Å². The van der Waals surface area contributed by atoms with Gasteiger partial charge in [-0.2, -0.15) is 4.98 Å². The Balaban J connectivity index is 2.19. The van der Waals surface area contributed by atoms with Gasteiger partial charge in [-0.05, 0) is 24.4 Å². The van der Waals surface area contributed by atoms with Crippen molar-refractivity contribution in [1.29, 1.82) is 0 Å². The van der Waals surface area contributed by atoms with Crippen LogP contribution in [0.5, 0.6) is 0 Å². The van der Waals surface area contributed by atoms with Crippen LogP contribution in [-0.2, 0) is 4.74 Å². The minimum Gasteiger partial charge on any atom is -0.380 e. The molecule has 0 aromatic carbocycles. The number of hydrogen-bond acceptors (Lipinski definition) is 5. The van der Waals surface area contributed by atoms with E-state index in [1.165, 1.54) is 0 Å². The number of nitrogens with zero attached hydrogens (tertiary/aromatic N) is 4. The Morgan fingerprint density at radius 3 is 2.94 bits per heavy atom. The predicted octanol–water partition coefficient (Wildman–Crippen LogP) is 1.79. The Labute approximate surface area is 104 Å². The largest absolute Gasteiger partial charge is 0.380 e. The van der Waals surface area contributed by atoms with E-state index in [-0.39, 0.29) is 16.5 Å². The molecule has 2 rings (SSSR count). The molecule has 7 heteroatoms. The number of hydrogen-bond donors (Lipinski definition) is 0. The molecule has 0 radical (unpaired) electrons. The average Bonchev–Trinajstić information content (AvgIpc) is 2.32. The van der Waals surface area contributed by atoms with Crippen LogP contribution in [0.4, 0.5) is 5.82 Å². The first-order chi connectivity index (χ1) is 7.70. The first-order valence-corrected chi connectivity index (χ1v) is 5.79. The summed E-state index contributed by atoms with van der Waals surface area (Å²) in [5.41, 5.74) is 0. The fraction of sp³-hybridized carbons (Fsp3) is 0.667. The predicted molar refractivity (Wildman–Crippen MR) is 62.1 cm³/mol. The van der Waals surface area contributed by atoms with Crippen molar-refractivity contribution in [3.8, 4) is 0 Å². The van der Waals surface area contributed by atoms with Gasteiger partial charge < -0.3 is 9.64 Å². The van der Waals surface area contributed by atoms with E-state index in [0.717, 1.165) is 25.9 Å². The molecular formula is C9H12Cl2N4O. The van der Waals surface area contributed by atoms with Crippen LogP contribution in [0.15, 0.2) is 0 Å².